The molecular weight excluding hydrogens is 474 g/mol. The molecular formula is C29H29NO5S. The normalized spacial score (nSPS) is 11.1. The molecule has 0 radical (unpaired) electrons. The monoisotopic (exact) mass is 503 g/mol. The Hall–Kier alpha value is -3.55. The molecule has 0 bridgehead atoms. The van der Waals surface area contributed by atoms with Crippen molar-refractivity contribution in [2.75, 3.05) is 20.3 Å². The Morgan fingerprint density at radius 2 is 1.69 bits per heavy atom. The van der Waals surface area contributed by atoms with Crippen LogP contribution in [0.2, 0.25) is 0 Å². The van der Waals surface area contributed by atoms with E-state index in [4.69, 9.17) is 13.9 Å². The molecule has 3 aromatic carbocycles. The highest BCUT2D eigenvalue weighted by molar-refractivity contribution is 7.97. The van der Waals surface area contributed by atoms with Gasteiger partial charge in [0.2, 0.25) is 5.76 Å². The maximum atomic E-state index is 12.2. The van der Waals surface area contributed by atoms with Crippen molar-refractivity contribution in [3.8, 4) is 0 Å². The van der Waals surface area contributed by atoms with Crippen molar-refractivity contribution >= 4 is 34.9 Å². The van der Waals surface area contributed by atoms with Gasteiger partial charge in [-0.2, -0.15) is 0 Å². The molecule has 1 heterocycles. The molecule has 4 aromatic rings. The predicted octanol–water partition coefficient (Wildman–Crippen LogP) is 6.46. The Bertz CT molecular complexity index is 1330. The van der Waals surface area contributed by atoms with Gasteiger partial charge in [0, 0.05) is 28.9 Å². The Morgan fingerprint density at radius 1 is 0.944 bits per heavy atom. The average molecular weight is 504 g/mol. The van der Waals surface area contributed by atoms with Crippen LogP contribution in [0.5, 0.6) is 0 Å². The van der Waals surface area contributed by atoms with Crippen molar-refractivity contribution < 1.29 is 23.5 Å². The van der Waals surface area contributed by atoms with Gasteiger partial charge in [-0.1, -0.05) is 42.5 Å². The first-order valence-corrected chi connectivity index (χ1v) is 12.6. The lowest BCUT2D eigenvalue weighted by atomic mass is 10.1. The van der Waals surface area contributed by atoms with Crippen LogP contribution >= 0.6 is 11.9 Å². The van der Waals surface area contributed by atoms with Crippen molar-refractivity contribution in [3.63, 3.8) is 0 Å². The number of hydrogen-bond acceptors (Lipinski definition) is 7. The molecule has 4 rings (SSSR count). The lowest BCUT2D eigenvalue weighted by Gasteiger charge is -2.21. The maximum absolute atomic E-state index is 12.2. The highest BCUT2D eigenvalue weighted by Crippen LogP contribution is 2.32. The summed E-state index contributed by atoms with van der Waals surface area (Å²) in [6, 6.07) is 23.8. The Labute approximate surface area is 215 Å². The molecule has 7 heteroatoms. The number of aryl methyl sites for hydroxylation is 1. The third-order valence-corrected chi connectivity index (χ3v) is 6.86. The molecule has 186 valence electrons. The molecule has 6 nitrogen and oxygen atoms in total. The van der Waals surface area contributed by atoms with Gasteiger partial charge in [0.15, 0.2) is 0 Å². The summed E-state index contributed by atoms with van der Waals surface area (Å²) >= 11 is 1.65. The van der Waals surface area contributed by atoms with Crippen LogP contribution in [0.3, 0.4) is 0 Å². The number of fused-ring (bicyclic) bond motifs is 1. The predicted molar refractivity (Wildman–Crippen MR) is 141 cm³/mol. The van der Waals surface area contributed by atoms with Gasteiger partial charge in [0.25, 0.3) is 0 Å². The first-order valence-electron chi connectivity index (χ1n) is 11.8. The van der Waals surface area contributed by atoms with E-state index in [2.05, 4.69) is 34.6 Å². The molecule has 0 aliphatic rings. The van der Waals surface area contributed by atoms with Crippen LogP contribution in [0.25, 0.3) is 11.0 Å². The van der Waals surface area contributed by atoms with E-state index in [1.54, 1.807) is 31.0 Å². The van der Waals surface area contributed by atoms with Gasteiger partial charge in [0.1, 0.15) is 5.58 Å². The highest BCUT2D eigenvalue weighted by atomic mass is 32.2. The van der Waals surface area contributed by atoms with Gasteiger partial charge in [-0.25, -0.2) is 13.9 Å². The summed E-state index contributed by atoms with van der Waals surface area (Å²) in [4.78, 5) is 25.1. The van der Waals surface area contributed by atoms with Gasteiger partial charge in [-0.3, -0.25) is 0 Å². The minimum absolute atomic E-state index is 0.251. The van der Waals surface area contributed by atoms with E-state index >= 15 is 0 Å². The molecule has 0 fully saturated rings. The van der Waals surface area contributed by atoms with E-state index in [9.17, 15) is 9.59 Å². The molecule has 0 amide bonds. The van der Waals surface area contributed by atoms with Gasteiger partial charge >= 0.3 is 11.9 Å². The maximum Gasteiger partial charge on any atom is 0.374 e. The van der Waals surface area contributed by atoms with E-state index < -0.39 is 5.97 Å². The second kappa shape index (κ2) is 11.9. The number of benzene rings is 3. The second-order valence-corrected chi connectivity index (χ2v) is 9.48. The number of carbonyl (C=O) groups excluding carboxylic acids is 2. The van der Waals surface area contributed by atoms with Crippen molar-refractivity contribution in [2.24, 2.45) is 0 Å². The third kappa shape index (κ3) is 6.17. The largest absolute Gasteiger partial charge is 0.465 e. The quantitative estimate of drug-likeness (QED) is 0.182. The van der Waals surface area contributed by atoms with Crippen molar-refractivity contribution in [1.82, 2.24) is 4.31 Å². The fraction of sp³-hybridized carbons (Fsp3) is 0.241. The fourth-order valence-electron chi connectivity index (χ4n) is 3.92. The van der Waals surface area contributed by atoms with Gasteiger partial charge in [-0.05, 0) is 73.7 Å². The average Bonchev–Trinajstić information content (AvgIpc) is 3.24. The van der Waals surface area contributed by atoms with E-state index in [0.717, 1.165) is 34.4 Å². The number of nitrogens with zero attached hydrogens (tertiary/aromatic N) is 1. The molecule has 0 aliphatic heterocycles. The molecule has 0 aliphatic carbocycles. The Kier molecular flexibility index (Phi) is 8.46. The molecule has 1 aromatic heterocycles. The topological polar surface area (TPSA) is 69.0 Å². The van der Waals surface area contributed by atoms with Gasteiger partial charge in [-0.15, -0.1) is 0 Å². The first kappa shape index (κ1) is 25.5. The van der Waals surface area contributed by atoms with Crippen LogP contribution < -0.4 is 0 Å². The molecule has 0 saturated heterocycles. The van der Waals surface area contributed by atoms with Crippen LogP contribution in [-0.4, -0.2) is 36.5 Å². The molecule has 0 spiro atoms. The lowest BCUT2D eigenvalue weighted by molar-refractivity contribution is 0.0491. The molecule has 36 heavy (non-hydrogen) atoms. The van der Waals surface area contributed by atoms with Crippen molar-refractivity contribution in [1.29, 1.82) is 0 Å². The lowest BCUT2D eigenvalue weighted by Crippen LogP contribution is -2.18. The van der Waals surface area contributed by atoms with E-state index in [0.29, 0.717) is 24.3 Å². The third-order valence-electron chi connectivity index (χ3n) is 5.83. The molecule has 0 N–H and O–H groups in total. The number of ether oxygens (including phenoxy) is 2. The summed E-state index contributed by atoms with van der Waals surface area (Å²) in [6.07, 6.45) is 0.897. The summed E-state index contributed by atoms with van der Waals surface area (Å²) in [7, 11) is 1.38. The number of carbonyl (C=O) groups is 2. The first-order chi connectivity index (χ1) is 17.5. The van der Waals surface area contributed by atoms with Crippen LogP contribution in [0.4, 0.5) is 0 Å². The van der Waals surface area contributed by atoms with Crippen LogP contribution in [-0.2, 0) is 22.4 Å². The Morgan fingerprint density at radius 3 is 2.39 bits per heavy atom. The number of methoxy groups -OCH3 is 1. The fourth-order valence-corrected chi connectivity index (χ4v) is 4.91. The SMILES string of the molecule is CCOC(=O)c1oc2ccc(SN(CCc3ccccc3)Cc3ccc(C(=O)OC)cc3)cc2c1C. The standard InChI is InChI=1S/C29H29NO5S/c1-4-34-29(32)27-20(2)25-18-24(14-15-26(25)35-27)36-30(17-16-21-8-6-5-7-9-21)19-22-10-12-23(13-11-22)28(31)33-3/h5-15,18H,4,16-17,19H2,1-3H3. The zero-order valence-corrected chi connectivity index (χ0v) is 21.5. The van der Waals surface area contributed by atoms with Crippen LogP contribution in [0, 0.1) is 6.92 Å². The zero-order valence-electron chi connectivity index (χ0n) is 20.7. The number of esters is 2. The summed E-state index contributed by atoms with van der Waals surface area (Å²) < 4.78 is 18.0. The number of rotatable bonds is 10. The van der Waals surface area contributed by atoms with Crippen molar-refractivity contribution in [3.05, 3.63) is 101 Å². The van der Waals surface area contributed by atoms with Crippen molar-refractivity contribution in [2.45, 2.75) is 31.7 Å². The summed E-state index contributed by atoms with van der Waals surface area (Å²) in [5, 5.41) is 0.897. The molecule has 0 atom stereocenters. The van der Waals surface area contributed by atoms with Gasteiger partial charge in [0.05, 0.1) is 19.3 Å². The summed E-state index contributed by atoms with van der Waals surface area (Å²) in [5.74, 6) is -0.538. The number of furan rings is 1. The minimum atomic E-state index is -0.444. The van der Waals surface area contributed by atoms with E-state index in [1.807, 2.05) is 37.3 Å². The minimum Gasteiger partial charge on any atom is -0.465 e. The molecule has 0 saturated carbocycles. The highest BCUT2D eigenvalue weighted by Gasteiger charge is 2.19. The summed E-state index contributed by atoms with van der Waals surface area (Å²) in [5.41, 5.74) is 4.33. The second-order valence-electron chi connectivity index (χ2n) is 8.31. The smallest absolute Gasteiger partial charge is 0.374 e. The molecule has 0 unspecified atom stereocenters. The Balaban J connectivity index is 1.56. The van der Waals surface area contributed by atoms with Crippen LogP contribution in [0.15, 0.2) is 82.1 Å². The van der Waals surface area contributed by atoms with Gasteiger partial charge < -0.3 is 13.9 Å². The van der Waals surface area contributed by atoms with Crippen LogP contribution in [0.1, 0.15) is 44.5 Å². The van der Waals surface area contributed by atoms with E-state index in [-0.39, 0.29) is 11.7 Å². The zero-order chi connectivity index (χ0) is 25.5. The van der Waals surface area contributed by atoms with E-state index in [1.165, 1.54) is 12.7 Å². The summed E-state index contributed by atoms with van der Waals surface area (Å²) in [6.45, 7) is 5.47. The number of hydrogen-bond donors (Lipinski definition) is 0.